The van der Waals surface area contributed by atoms with Gasteiger partial charge in [0.05, 0.1) is 0 Å². The average Bonchev–Trinajstić information content (AvgIpc) is 1.90. The van der Waals surface area contributed by atoms with E-state index >= 15 is 0 Å². The fraction of sp³-hybridized carbons (Fsp3) is 1.00. The number of rotatable bonds is 0. The van der Waals surface area contributed by atoms with E-state index < -0.39 is 0 Å². The van der Waals surface area contributed by atoms with E-state index in [0.29, 0.717) is 0 Å². The fourth-order valence-electron chi connectivity index (χ4n) is 0.979. The second-order valence-corrected chi connectivity index (χ2v) is 2.16. The Morgan fingerprint density at radius 2 is 1.25 bits per heavy atom. The number of hydrogen-bond donors (Lipinski definition) is 1. The van der Waals surface area contributed by atoms with Crippen LogP contribution in [0.15, 0.2) is 0 Å². The van der Waals surface area contributed by atoms with E-state index in [1.165, 1.54) is 38.8 Å². The smallest absolute Gasteiger partial charge is 0.00489 e. The third-order valence-corrected chi connectivity index (χ3v) is 1.46. The predicted octanol–water partition coefficient (Wildman–Crippen LogP) is 1.77. The summed E-state index contributed by atoms with van der Waals surface area (Å²) in [5.41, 5.74) is 0. The molecule has 0 saturated carbocycles. The van der Waals surface area contributed by atoms with E-state index in [0.717, 1.165) is 0 Å². The van der Waals surface area contributed by atoms with Crippen LogP contribution in [0, 0.1) is 0 Å². The molecule has 0 unspecified atom stereocenters. The maximum atomic E-state index is 3.35. The summed E-state index contributed by atoms with van der Waals surface area (Å²) in [5, 5.41) is 3.35. The SMILES string of the molecule is C1CCCNCC1.I. The highest BCUT2D eigenvalue weighted by Crippen LogP contribution is 2.00. The van der Waals surface area contributed by atoms with Gasteiger partial charge >= 0.3 is 0 Å². The standard InChI is InChI=1S/C6H13N.HI/c1-2-4-6-7-5-3-1;/h7H,1-6H2;1H. The Bertz CT molecular complexity index is 28.1. The lowest BCUT2D eigenvalue weighted by molar-refractivity contribution is 0.702. The summed E-state index contributed by atoms with van der Waals surface area (Å²) in [4.78, 5) is 0. The topological polar surface area (TPSA) is 12.0 Å². The highest BCUT2D eigenvalue weighted by atomic mass is 127. The van der Waals surface area contributed by atoms with Gasteiger partial charge in [-0.1, -0.05) is 12.8 Å². The predicted molar refractivity (Wildman–Crippen MR) is 46.8 cm³/mol. The Labute approximate surface area is 68.3 Å². The van der Waals surface area contributed by atoms with Crippen molar-refractivity contribution in [1.82, 2.24) is 5.32 Å². The van der Waals surface area contributed by atoms with Crippen LogP contribution >= 0.6 is 24.0 Å². The first-order valence-electron chi connectivity index (χ1n) is 3.21. The molecular formula is C6H14IN. The molecule has 0 aromatic carbocycles. The normalized spacial score (nSPS) is 21.0. The molecule has 8 heavy (non-hydrogen) atoms. The summed E-state index contributed by atoms with van der Waals surface area (Å²) in [6, 6.07) is 0. The molecule has 0 radical (unpaired) electrons. The molecule has 1 heterocycles. The van der Waals surface area contributed by atoms with Gasteiger partial charge < -0.3 is 5.32 Å². The summed E-state index contributed by atoms with van der Waals surface area (Å²) in [6.07, 6.45) is 5.65. The summed E-state index contributed by atoms with van der Waals surface area (Å²) in [5.74, 6) is 0. The van der Waals surface area contributed by atoms with E-state index in [1.54, 1.807) is 0 Å². The van der Waals surface area contributed by atoms with Gasteiger partial charge in [-0.2, -0.15) is 0 Å². The largest absolute Gasteiger partial charge is 0.317 e. The van der Waals surface area contributed by atoms with Crippen molar-refractivity contribution in [1.29, 1.82) is 0 Å². The molecule has 1 nitrogen and oxygen atoms in total. The monoisotopic (exact) mass is 227 g/mol. The lowest BCUT2D eigenvalue weighted by atomic mass is 10.2. The van der Waals surface area contributed by atoms with Gasteiger partial charge in [0.15, 0.2) is 0 Å². The summed E-state index contributed by atoms with van der Waals surface area (Å²) < 4.78 is 0. The van der Waals surface area contributed by atoms with Crippen LogP contribution in [0.25, 0.3) is 0 Å². The second-order valence-electron chi connectivity index (χ2n) is 2.16. The minimum Gasteiger partial charge on any atom is -0.317 e. The van der Waals surface area contributed by atoms with Gasteiger partial charge in [0.2, 0.25) is 0 Å². The van der Waals surface area contributed by atoms with Gasteiger partial charge in [0.1, 0.15) is 0 Å². The van der Waals surface area contributed by atoms with Crippen LogP contribution in [0.5, 0.6) is 0 Å². The van der Waals surface area contributed by atoms with Gasteiger partial charge in [0, 0.05) is 0 Å². The van der Waals surface area contributed by atoms with E-state index in [1.807, 2.05) is 0 Å². The molecular weight excluding hydrogens is 213 g/mol. The molecule has 0 aliphatic carbocycles. The Morgan fingerprint density at radius 1 is 0.750 bits per heavy atom. The minimum absolute atomic E-state index is 0. The highest BCUT2D eigenvalue weighted by molar-refractivity contribution is 14.0. The molecule has 0 aromatic rings. The first kappa shape index (κ1) is 8.69. The molecule has 1 aliphatic rings. The molecule has 50 valence electrons. The van der Waals surface area contributed by atoms with Crippen LogP contribution in [0.2, 0.25) is 0 Å². The van der Waals surface area contributed by atoms with E-state index in [4.69, 9.17) is 0 Å². The van der Waals surface area contributed by atoms with E-state index in [-0.39, 0.29) is 24.0 Å². The molecule has 1 saturated heterocycles. The quantitative estimate of drug-likeness (QED) is 0.622. The van der Waals surface area contributed by atoms with Gasteiger partial charge in [-0.15, -0.1) is 24.0 Å². The minimum atomic E-state index is 0. The molecule has 0 atom stereocenters. The van der Waals surface area contributed by atoms with Crippen molar-refractivity contribution in [3.63, 3.8) is 0 Å². The van der Waals surface area contributed by atoms with Crippen LogP contribution in [0.4, 0.5) is 0 Å². The molecule has 0 bridgehead atoms. The van der Waals surface area contributed by atoms with Gasteiger partial charge in [-0.05, 0) is 25.9 Å². The molecule has 1 fully saturated rings. The number of nitrogens with one attached hydrogen (secondary N) is 1. The van der Waals surface area contributed by atoms with Crippen molar-refractivity contribution >= 4 is 24.0 Å². The first-order chi connectivity index (χ1) is 3.50. The van der Waals surface area contributed by atoms with Crippen LogP contribution < -0.4 is 5.32 Å². The Kier molecular flexibility index (Phi) is 6.32. The summed E-state index contributed by atoms with van der Waals surface area (Å²) in [7, 11) is 0. The van der Waals surface area contributed by atoms with Crippen molar-refractivity contribution in [2.75, 3.05) is 13.1 Å². The van der Waals surface area contributed by atoms with E-state index in [9.17, 15) is 0 Å². The highest BCUT2D eigenvalue weighted by Gasteiger charge is 1.94. The second kappa shape index (κ2) is 5.82. The van der Waals surface area contributed by atoms with Crippen LogP contribution in [-0.2, 0) is 0 Å². The summed E-state index contributed by atoms with van der Waals surface area (Å²) in [6.45, 7) is 2.50. The lowest BCUT2D eigenvalue weighted by Gasteiger charge is -1.91. The van der Waals surface area contributed by atoms with Crippen molar-refractivity contribution < 1.29 is 0 Å². The first-order valence-corrected chi connectivity index (χ1v) is 3.21. The fourth-order valence-corrected chi connectivity index (χ4v) is 0.979. The third-order valence-electron chi connectivity index (χ3n) is 1.46. The molecule has 1 aliphatic heterocycles. The van der Waals surface area contributed by atoms with Crippen LogP contribution in [0.3, 0.4) is 0 Å². The Hall–Kier alpha value is 0.690. The zero-order valence-corrected chi connectivity index (χ0v) is 7.48. The average molecular weight is 227 g/mol. The van der Waals surface area contributed by atoms with Crippen LogP contribution in [0.1, 0.15) is 25.7 Å². The molecule has 2 heteroatoms. The molecule has 0 aromatic heterocycles. The van der Waals surface area contributed by atoms with Crippen molar-refractivity contribution in [3.8, 4) is 0 Å². The van der Waals surface area contributed by atoms with Gasteiger partial charge in [-0.3, -0.25) is 0 Å². The maximum Gasteiger partial charge on any atom is -0.00489 e. The van der Waals surface area contributed by atoms with Crippen molar-refractivity contribution in [2.24, 2.45) is 0 Å². The molecule has 1 rings (SSSR count). The maximum absolute atomic E-state index is 3.35. The van der Waals surface area contributed by atoms with Crippen molar-refractivity contribution in [2.45, 2.75) is 25.7 Å². The van der Waals surface area contributed by atoms with Crippen LogP contribution in [-0.4, -0.2) is 13.1 Å². The number of hydrogen-bond acceptors (Lipinski definition) is 1. The molecule has 0 amide bonds. The zero-order chi connectivity index (χ0) is 4.95. The van der Waals surface area contributed by atoms with E-state index in [2.05, 4.69) is 5.32 Å². The Balaban J connectivity index is 0.000000490. The summed E-state index contributed by atoms with van der Waals surface area (Å²) >= 11 is 0. The zero-order valence-electron chi connectivity index (χ0n) is 5.15. The van der Waals surface area contributed by atoms with Crippen molar-refractivity contribution in [3.05, 3.63) is 0 Å². The van der Waals surface area contributed by atoms with Gasteiger partial charge in [-0.25, -0.2) is 0 Å². The van der Waals surface area contributed by atoms with Gasteiger partial charge in [0.25, 0.3) is 0 Å². The Morgan fingerprint density at radius 3 is 1.75 bits per heavy atom. The molecule has 1 N–H and O–H groups in total. The molecule has 0 spiro atoms. The lowest BCUT2D eigenvalue weighted by Crippen LogP contribution is -2.12. The number of halogens is 1. The third kappa shape index (κ3) is 3.66.